The Labute approximate surface area is 109 Å². The van der Waals surface area contributed by atoms with E-state index in [4.69, 9.17) is 0 Å². The van der Waals surface area contributed by atoms with E-state index in [9.17, 15) is 14.5 Å². The van der Waals surface area contributed by atoms with Crippen LogP contribution in [0.25, 0.3) is 0 Å². The van der Waals surface area contributed by atoms with Gasteiger partial charge in [-0.15, -0.1) is 0 Å². The minimum Gasteiger partial charge on any atom is -0.375 e. The van der Waals surface area contributed by atoms with E-state index < -0.39 is 16.4 Å². The summed E-state index contributed by atoms with van der Waals surface area (Å²) in [5, 5.41) is 17.8. The molecule has 0 aliphatic heterocycles. The van der Waals surface area contributed by atoms with E-state index in [-0.39, 0.29) is 5.69 Å². The lowest BCUT2D eigenvalue weighted by Gasteiger charge is -2.07. The highest BCUT2D eigenvalue weighted by Crippen LogP contribution is 2.27. The normalized spacial score (nSPS) is 10.5. The van der Waals surface area contributed by atoms with E-state index in [1.54, 1.807) is 10.9 Å². The average molecular weight is 264 g/mol. The summed E-state index contributed by atoms with van der Waals surface area (Å²) >= 11 is 0. The summed E-state index contributed by atoms with van der Waals surface area (Å²) in [7, 11) is 1.81. The van der Waals surface area contributed by atoms with Gasteiger partial charge in [0.15, 0.2) is 0 Å². The standard InChI is InChI=1S/C12H13FN4O2/c1-8-9(7-15-16(8)2)6-14-11-5-3-4-10(13)12(11)17(18)19/h3-5,7,14H,6H2,1-2H3. The molecule has 2 aromatic rings. The predicted molar refractivity (Wildman–Crippen MR) is 68.3 cm³/mol. The summed E-state index contributed by atoms with van der Waals surface area (Å²) in [5.74, 6) is -0.849. The summed E-state index contributed by atoms with van der Waals surface area (Å²) in [6.45, 7) is 2.24. The van der Waals surface area contributed by atoms with Crippen LogP contribution in [-0.2, 0) is 13.6 Å². The number of nitrogens with zero attached hydrogens (tertiary/aromatic N) is 3. The number of rotatable bonds is 4. The number of hydrogen-bond acceptors (Lipinski definition) is 4. The Bertz CT molecular complexity index is 624. The van der Waals surface area contributed by atoms with Crippen LogP contribution in [0.4, 0.5) is 15.8 Å². The monoisotopic (exact) mass is 264 g/mol. The smallest absolute Gasteiger partial charge is 0.327 e. The van der Waals surface area contributed by atoms with Crippen molar-refractivity contribution in [2.24, 2.45) is 7.05 Å². The number of aryl methyl sites for hydroxylation is 1. The van der Waals surface area contributed by atoms with E-state index in [0.717, 1.165) is 17.3 Å². The summed E-state index contributed by atoms with van der Waals surface area (Å²) in [6, 6.07) is 3.98. The largest absolute Gasteiger partial charge is 0.375 e. The number of benzene rings is 1. The first kappa shape index (κ1) is 13.0. The van der Waals surface area contributed by atoms with E-state index in [0.29, 0.717) is 6.54 Å². The van der Waals surface area contributed by atoms with Crippen molar-refractivity contribution >= 4 is 11.4 Å². The van der Waals surface area contributed by atoms with E-state index in [1.807, 2.05) is 14.0 Å². The summed E-state index contributed by atoms with van der Waals surface area (Å²) in [4.78, 5) is 10.1. The lowest BCUT2D eigenvalue weighted by molar-refractivity contribution is -0.386. The van der Waals surface area contributed by atoms with Crippen LogP contribution in [0, 0.1) is 22.9 Å². The maximum absolute atomic E-state index is 13.4. The van der Waals surface area contributed by atoms with Crippen molar-refractivity contribution in [1.82, 2.24) is 9.78 Å². The zero-order chi connectivity index (χ0) is 14.0. The number of hydrogen-bond donors (Lipinski definition) is 1. The number of aromatic nitrogens is 2. The maximum atomic E-state index is 13.4. The van der Waals surface area contributed by atoms with Gasteiger partial charge < -0.3 is 5.32 Å². The highest BCUT2D eigenvalue weighted by Gasteiger charge is 2.19. The first-order chi connectivity index (χ1) is 9.00. The Hall–Kier alpha value is -2.44. The van der Waals surface area contributed by atoms with E-state index >= 15 is 0 Å². The van der Waals surface area contributed by atoms with Gasteiger partial charge in [-0.25, -0.2) is 0 Å². The molecule has 1 heterocycles. The van der Waals surface area contributed by atoms with Gasteiger partial charge >= 0.3 is 5.69 Å². The van der Waals surface area contributed by atoms with Crippen molar-refractivity contribution in [3.63, 3.8) is 0 Å². The van der Waals surface area contributed by atoms with Gasteiger partial charge in [0.25, 0.3) is 0 Å². The Morgan fingerprint density at radius 3 is 2.84 bits per heavy atom. The molecular formula is C12H13FN4O2. The van der Waals surface area contributed by atoms with Gasteiger partial charge in [-0.2, -0.15) is 9.49 Å². The first-order valence-corrected chi connectivity index (χ1v) is 5.65. The third-order valence-electron chi connectivity index (χ3n) is 2.98. The van der Waals surface area contributed by atoms with Crippen molar-refractivity contribution in [3.8, 4) is 0 Å². The topological polar surface area (TPSA) is 73.0 Å². The molecule has 1 N–H and O–H groups in total. The molecule has 0 saturated carbocycles. The lowest BCUT2D eigenvalue weighted by Crippen LogP contribution is -2.05. The van der Waals surface area contributed by atoms with Crippen molar-refractivity contribution < 1.29 is 9.31 Å². The SMILES string of the molecule is Cc1c(CNc2cccc(F)c2[N+](=O)[O-])cnn1C. The summed E-state index contributed by atoms with van der Waals surface area (Å²) < 4.78 is 15.1. The van der Waals surface area contributed by atoms with Gasteiger partial charge in [-0.1, -0.05) is 6.07 Å². The molecule has 2 rings (SSSR count). The average Bonchev–Trinajstić information content (AvgIpc) is 2.67. The molecule has 0 aliphatic carbocycles. The molecular weight excluding hydrogens is 251 g/mol. The third-order valence-corrected chi connectivity index (χ3v) is 2.98. The van der Waals surface area contributed by atoms with Crippen LogP contribution in [0.5, 0.6) is 0 Å². The second kappa shape index (κ2) is 5.05. The lowest BCUT2D eigenvalue weighted by atomic mass is 10.2. The highest BCUT2D eigenvalue weighted by atomic mass is 19.1. The van der Waals surface area contributed by atoms with Crippen LogP contribution in [0.2, 0.25) is 0 Å². The molecule has 0 fully saturated rings. The van der Waals surface area contributed by atoms with Gasteiger partial charge in [-0.3, -0.25) is 14.8 Å². The molecule has 100 valence electrons. The molecule has 0 amide bonds. The Balaban J connectivity index is 2.23. The number of para-hydroxylation sites is 1. The minimum absolute atomic E-state index is 0.160. The van der Waals surface area contributed by atoms with Crippen molar-refractivity contribution in [1.29, 1.82) is 0 Å². The summed E-state index contributed by atoms with van der Waals surface area (Å²) in [5.41, 5.74) is 1.48. The number of nitrogens with one attached hydrogen (secondary N) is 1. The second-order valence-corrected chi connectivity index (χ2v) is 4.13. The minimum atomic E-state index is -0.849. The molecule has 1 aromatic carbocycles. The van der Waals surface area contributed by atoms with Crippen LogP contribution in [0.1, 0.15) is 11.3 Å². The molecule has 0 unspecified atom stereocenters. The Kier molecular flexibility index (Phi) is 3.46. The van der Waals surface area contributed by atoms with Gasteiger partial charge in [0.1, 0.15) is 5.69 Å². The van der Waals surface area contributed by atoms with Gasteiger partial charge in [0, 0.05) is 24.8 Å². The van der Waals surface area contributed by atoms with Crippen LogP contribution in [0.15, 0.2) is 24.4 Å². The molecule has 6 nitrogen and oxygen atoms in total. The van der Waals surface area contributed by atoms with E-state index in [1.165, 1.54) is 12.1 Å². The second-order valence-electron chi connectivity index (χ2n) is 4.13. The fourth-order valence-corrected chi connectivity index (χ4v) is 1.75. The first-order valence-electron chi connectivity index (χ1n) is 5.65. The van der Waals surface area contributed by atoms with Crippen LogP contribution in [-0.4, -0.2) is 14.7 Å². The molecule has 0 atom stereocenters. The number of nitro groups is 1. The highest BCUT2D eigenvalue weighted by molar-refractivity contribution is 5.62. The quantitative estimate of drug-likeness (QED) is 0.679. The fraction of sp³-hybridized carbons (Fsp3) is 0.250. The zero-order valence-corrected chi connectivity index (χ0v) is 10.6. The van der Waals surface area contributed by atoms with Crippen LogP contribution >= 0.6 is 0 Å². The molecule has 19 heavy (non-hydrogen) atoms. The van der Waals surface area contributed by atoms with Crippen molar-refractivity contribution in [2.45, 2.75) is 13.5 Å². The molecule has 0 saturated heterocycles. The maximum Gasteiger partial charge on any atom is 0.327 e. The number of nitro benzene ring substituents is 1. The number of halogens is 1. The molecule has 1 aromatic heterocycles. The van der Waals surface area contributed by atoms with Gasteiger partial charge in [0.2, 0.25) is 5.82 Å². The van der Waals surface area contributed by atoms with Gasteiger partial charge in [0.05, 0.1) is 11.1 Å². The van der Waals surface area contributed by atoms with E-state index in [2.05, 4.69) is 10.4 Å². The Morgan fingerprint density at radius 1 is 1.53 bits per heavy atom. The van der Waals surface area contributed by atoms with Crippen LogP contribution < -0.4 is 5.32 Å². The number of anilines is 1. The van der Waals surface area contributed by atoms with Crippen LogP contribution in [0.3, 0.4) is 0 Å². The summed E-state index contributed by atoms with van der Waals surface area (Å²) in [6.07, 6.45) is 1.67. The molecule has 0 spiro atoms. The molecule has 7 heteroatoms. The molecule has 0 radical (unpaired) electrons. The zero-order valence-electron chi connectivity index (χ0n) is 10.6. The molecule has 0 bridgehead atoms. The Morgan fingerprint density at radius 2 is 2.26 bits per heavy atom. The van der Waals surface area contributed by atoms with Gasteiger partial charge in [-0.05, 0) is 19.1 Å². The third kappa shape index (κ3) is 2.54. The van der Waals surface area contributed by atoms with Crippen molar-refractivity contribution in [3.05, 3.63) is 51.6 Å². The fourth-order valence-electron chi connectivity index (χ4n) is 1.75. The predicted octanol–water partition coefficient (Wildman–Crippen LogP) is 2.39. The molecule has 0 aliphatic rings. The van der Waals surface area contributed by atoms with Crippen molar-refractivity contribution in [2.75, 3.05) is 5.32 Å².